The Labute approximate surface area is 183 Å². The Balaban J connectivity index is 1.77. The summed E-state index contributed by atoms with van der Waals surface area (Å²) in [7, 11) is 1.52. The van der Waals surface area contributed by atoms with Crippen molar-refractivity contribution < 1.29 is 13.9 Å². The highest BCUT2D eigenvalue weighted by Crippen LogP contribution is 2.29. The summed E-state index contributed by atoms with van der Waals surface area (Å²) in [5, 5.41) is 12.2. The molecule has 1 aromatic heterocycles. The van der Waals surface area contributed by atoms with Gasteiger partial charge in [0.05, 0.1) is 24.1 Å². The van der Waals surface area contributed by atoms with Crippen LogP contribution in [0.5, 0.6) is 5.75 Å². The van der Waals surface area contributed by atoms with Gasteiger partial charge in [0.15, 0.2) is 11.0 Å². The molecule has 1 amide bonds. The van der Waals surface area contributed by atoms with Crippen molar-refractivity contribution in [2.75, 3.05) is 18.2 Å². The van der Waals surface area contributed by atoms with Gasteiger partial charge in [-0.1, -0.05) is 49.3 Å². The van der Waals surface area contributed by atoms with Crippen LogP contribution >= 0.6 is 23.4 Å². The quantitative estimate of drug-likeness (QED) is 0.483. The molecule has 0 atom stereocenters. The van der Waals surface area contributed by atoms with Crippen molar-refractivity contribution in [1.82, 2.24) is 14.8 Å². The van der Waals surface area contributed by atoms with Crippen molar-refractivity contribution in [2.24, 2.45) is 5.92 Å². The fourth-order valence-electron chi connectivity index (χ4n) is 2.86. The zero-order valence-electron chi connectivity index (χ0n) is 16.9. The van der Waals surface area contributed by atoms with Gasteiger partial charge in [-0.25, -0.2) is 4.39 Å². The number of thioether (sulfide) groups is 1. The molecule has 0 spiro atoms. The van der Waals surface area contributed by atoms with E-state index in [0.29, 0.717) is 39.5 Å². The number of hydrogen-bond donors (Lipinski definition) is 1. The highest BCUT2D eigenvalue weighted by Gasteiger charge is 2.19. The van der Waals surface area contributed by atoms with Crippen LogP contribution in [0.2, 0.25) is 5.02 Å². The smallest absolute Gasteiger partial charge is 0.234 e. The van der Waals surface area contributed by atoms with E-state index in [1.807, 2.05) is 4.57 Å². The first kappa shape index (κ1) is 22.1. The van der Waals surface area contributed by atoms with E-state index in [2.05, 4.69) is 29.4 Å². The Morgan fingerprint density at radius 2 is 2.03 bits per heavy atom. The molecule has 6 nitrogen and oxygen atoms in total. The fourth-order valence-corrected chi connectivity index (χ4v) is 3.78. The minimum atomic E-state index is -0.364. The second kappa shape index (κ2) is 9.95. The highest BCUT2D eigenvalue weighted by molar-refractivity contribution is 7.99. The number of nitrogens with one attached hydrogen (secondary N) is 1. The first-order chi connectivity index (χ1) is 14.4. The molecule has 1 heterocycles. The minimum absolute atomic E-state index is 0.100. The lowest BCUT2D eigenvalue weighted by Crippen LogP contribution is -2.16. The third-order valence-corrected chi connectivity index (χ3v) is 5.35. The topological polar surface area (TPSA) is 69.0 Å². The van der Waals surface area contributed by atoms with Crippen molar-refractivity contribution in [3.63, 3.8) is 0 Å². The summed E-state index contributed by atoms with van der Waals surface area (Å²) in [5.74, 6) is 0.743. The lowest BCUT2D eigenvalue weighted by molar-refractivity contribution is -0.113. The zero-order valence-corrected chi connectivity index (χ0v) is 18.4. The molecule has 3 aromatic rings. The standard InChI is InChI=1S/C21H22ClFN4O2S/c1-13(2)11-27-20(15-6-4-5-7-16(15)23)25-26-21(27)30-12-19(28)24-17-10-14(22)8-9-18(17)29-3/h4-10,13H,11-12H2,1-3H3,(H,24,28). The van der Waals surface area contributed by atoms with Crippen LogP contribution in [0.1, 0.15) is 13.8 Å². The lowest BCUT2D eigenvalue weighted by atomic mass is 10.2. The molecule has 0 saturated heterocycles. The maximum atomic E-state index is 14.3. The molecule has 0 radical (unpaired) electrons. The van der Waals surface area contributed by atoms with Crippen LogP contribution in [-0.2, 0) is 11.3 Å². The number of hydrogen-bond acceptors (Lipinski definition) is 5. The number of nitrogens with zero attached hydrogens (tertiary/aromatic N) is 3. The van der Waals surface area contributed by atoms with E-state index in [1.165, 1.54) is 24.9 Å². The van der Waals surface area contributed by atoms with E-state index in [1.54, 1.807) is 36.4 Å². The molecular formula is C21H22ClFN4O2S. The van der Waals surface area contributed by atoms with Gasteiger partial charge in [-0.15, -0.1) is 10.2 Å². The van der Waals surface area contributed by atoms with E-state index in [0.717, 1.165) is 0 Å². The second-order valence-electron chi connectivity index (χ2n) is 6.97. The van der Waals surface area contributed by atoms with Gasteiger partial charge in [0, 0.05) is 11.6 Å². The van der Waals surface area contributed by atoms with Crippen LogP contribution < -0.4 is 10.1 Å². The van der Waals surface area contributed by atoms with Crippen molar-refractivity contribution in [3.8, 4) is 17.1 Å². The van der Waals surface area contributed by atoms with Crippen molar-refractivity contribution in [1.29, 1.82) is 0 Å². The van der Waals surface area contributed by atoms with E-state index in [4.69, 9.17) is 16.3 Å². The molecule has 30 heavy (non-hydrogen) atoms. The van der Waals surface area contributed by atoms with Gasteiger partial charge in [0.25, 0.3) is 0 Å². The number of amides is 1. The summed E-state index contributed by atoms with van der Waals surface area (Å²) in [6.07, 6.45) is 0. The molecule has 1 N–H and O–H groups in total. The molecule has 0 aliphatic heterocycles. The fraction of sp³-hybridized carbons (Fsp3) is 0.286. The molecule has 158 valence electrons. The van der Waals surface area contributed by atoms with Gasteiger partial charge in [0.2, 0.25) is 5.91 Å². The van der Waals surface area contributed by atoms with E-state index < -0.39 is 0 Å². The Morgan fingerprint density at radius 3 is 2.73 bits per heavy atom. The van der Waals surface area contributed by atoms with Gasteiger partial charge >= 0.3 is 0 Å². The van der Waals surface area contributed by atoms with Gasteiger partial charge in [-0.2, -0.15) is 0 Å². The molecular weight excluding hydrogens is 427 g/mol. The maximum Gasteiger partial charge on any atom is 0.234 e. The van der Waals surface area contributed by atoms with Gasteiger partial charge in [0.1, 0.15) is 11.6 Å². The zero-order chi connectivity index (χ0) is 21.7. The van der Waals surface area contributed by atoms with Crippen LogP contribution in [0, 0.1) is 11.7 Å². The second-order valence-corrected chi connectivity index (χ2v) is 8.35. The van der Waals surface area contributed by atoms with Gasteiger partial charge < -0.3 is 14.6 Å². The summed E-state index contributed by atoms with van der Waals surface area (Å²) >= 11 is 7.25. The summed E-state index contributed by atoms with van der Waals surface area (Å²) in [6, 6.07) is 11.4. The molecule has 0 bridgehead atoms. The normalized spacial score (nSPS) is 11.0. The van der Waals surface area contributed by atoms with Crippen molar-refractivity contribution in [2.45, 2.75) is 25.5 Å². The van der Waals surface area contributed by atoms with Crippen molar-refractivity contribution in [3.05, 3.63) is 53.3 Å². The van der Waals surface area contributed by atoms with Crippen LogP contribution in [0.4, 0.5) is 10.1 Å². The number of ether oxygens (including phenoxy) is 1. The monoisotopic (exact) mass is 448 g/mol. The number of aromatic nitrogens is 3. The molecule has 0 fully saturated rings. The van der Waals surface area contributed by atoms with E-state index in [9.17, 15) is 9.18 Å². The first-order valence-electron chi connectivity index (χ1n) is 9.33. The molecule has 0 saturated carbocycles. The molecule has 3 rings (SSSR count). The SMILES string of the molecule is COc1ccc(Cl)cc1NC(=O)CSc1nnc(-c2ccccc2F)n1CC(C)C. The molecule has 2 aromatic carbocycles. The summed E-state index contributed by atoms with van der Waals surface area (Å²) in [4.78, 5) is 12.5. The number of halogens is 2. The average Bonchev–Trinajstić information content (AvgIpc) is 3.08. The minimum Gasteiger partial charge on any atom is -0.495 e. The van der Waals surface area contributed by atoms with Crippen LogP contribution in [0.3, 0.4) is 0 Å². The molecule has 0 aliphatic carbocycles. The van der Waals surface area contributed by atoms with Gasteiger partial charge in [-0.05, 0) is 36.2 Å². The average molecular weight is 449 g/mol. The van der Waals surface area contributed by atoms with Crippen LogP contribution in [-0.4, -0.2) is 33.5 Å². The Kier molecular flexibility index (Phi) is 7.33. The number of carbonyl (C=O) groups is 1. The predicted molar refractivity (Wildman–Crippen MR) is 118 cm³/mol. The third-order valence-electron chi connectivity index (χ3n) is 4.15. The number of anilines is 1. The highest BCUT2D eigenvalue weighted by atomic mass is 35.5. The molecule has 9 heteroatoms. The number of benzene rings is 2. The Hall–Kier alpha value is -2.58. The van der Waals surface area contributed by atoms with E-state index >= 15 is 0 Å². The van der Waals surface area contributed by atoms with Crippen LogP contribution in [0.15, 0.2) is 47.6 Å². The summed E-state index contributed by atoms with van der Waals surface area (Å²) in [6.45, 7) is 4.71. The number of carbonyl (C=O) groups excluding carboxylic acids is 1. The molecule has 0 aliphatic rings. The van der Waals surface area contributed by atoms with Crippen LogP contribution in [0.25, 0.3) is 11.4 Å². The Morgan fingerprint density at radius 1 is 1.27 bits per heavy atom. The molecule has 0 unspecified atom stereocenters. The largest absolute Gasteiger partial charge is 0.495 e. The number of methoxy groups -OCH3 is 1. The van der Waals surface area contributed by atoms with Gasteiger partial charge in [-0.3, -0.25) is 4.79 Å². The Bertz CT molecular complexity index is 1040. The van der Waals surface area contributed by atoms with E-state index in [-0.39, 0.29) is 23.4 Å². The summed E-state index contributed by atoms with van der Waals surface area (Å²) in [5.41, 5.74) is 0.872. The third kappa shape index (κ3) is 5.31. The summed E-state index contributed by atoms with van der Waals surface area (Å²) < 4.78 is 21.4. The first-order valence-corrected chi connectivity index (χ1v) is 10.7. The lowest BCUT2D eigenvalue weighted by Gasteiger charge is -2.13. The number of rotatable bonds is 8. The predicted octanol–water partition coefficient (Wildman–Crippen LogP) is 5.13. The maximum absolute atomic E-state index is 14.3. The van der Waals surface area contributed by atoms with Crippen molar-refractivity contribution >= 4 is 35.0 Å².